The maximum absolute atomic E-state index is 14.8. The van der Waals surface area contributed by atoms with Gasteiger partial charge in [0.25, 0.3) is 5.91 Å². The Morgan fingerprint density at radius 1 is 1.16 bits per heavy atom. The van der Waals surface area contributed by atoms with Crippen LogP contribution in [0.5, 0.6) is 5.75 Å². The molecule has 0 radical (unpaired) electrons. The van der Waals surface area contributed by atoms with Crippen molar-refractivity contribution >= 4 is 23.2 Å². The number of primary amides is 1. The van der Waals surface area contributed by atoms with Crippen molar-refractivity contribution in [1.82, 2.24) is 9.80 Å². The van der Waals surface area contributed by atoms with Crippen LogP contribution in [0.2, 0.25) is 0 Å². The Kier molecular flexibility index (Phi) is 7.54. The van der Waals surface area contributed by atoms with Gasteiger partial charge in [0.2, 0.25) is 5.78 Å². The lowest BCUT2D eigenvalue weighted by atomic mass is 9.57. The smallest absolute Gasteiger partial charge is 0.255 e. The number of aromatic hydroxyl groups is 1. The number of nitrogens with zero attached hydrogens (tertiary/aromatic N) is 2. The second kappa shape index (κ2) is 10.7. The highest BCUT2D eigenvalue weighted by atomic mass is 19.1. The number of likely N-dealkylation sites (N-methyl/N-ethyl adjacent to an activating group) is 2. The Hall–Kier alpha value is -4.32. The van der Waals surface area contributed by atoms with E-state index in [2.05, 4.69) is 6.58 Å². The molecule has 11 heteroatoms. The summed E-state index contributed by atoms with van der Waals surface area (Å²) in [6, 6.07) is 6.47. The van der Waals surface area contributed by atoms with Gasteiger partial charge >= 0.3 is 0 Å². The second-order valence-electron chi connectivity index (χ2n) is 11.7. The third kappa shape index (κ3) is 4.55. The number of benzene rings is 2. The average molecular weight is 592 g/mol. The first-order valence-corrected chi connectivity index (χ1v) is 13.8. The zero-order valence-corrected chi connectivity index (χ0v) is 24.1. The number of fused-ring (bicyclic) bond motifs is 3. The third-order valence-electron chi connectivity index (χ3n) is 8.84. The lowest BCUT2D eigenvalue weighted by Gasteiger charge is -2.50. The zero-order valence-electron chi connectivity index (χ0n) is 24.1. The van der Waals surface area contributed by atoms with Crippen LogP contribution in [0.15, 0.2) is 59.9 Å². The largest absolute Gasteiger partial charge is 0.508 e. The number of rotatable bonds is 7. The maximum Gasteiger partial charge on any atom is 0.255 e. The quantitative estimate of drug-likeness (QED) is 0.240. The molecule has 6 N–H and O–H groups in total. The summed E-state index contributed by atoms with van der Waals surface area (Å²) in [6.45, 7) is 4.57. The molecule has 0 aliphatic heterocycles. The van der Waals surface area contributed by atoms with Crippen LogP contribution in [-0.2, 0) is 27.3 Å². The minimum atomic E-state index is -2.71. The molecule has 3 aliphatic carbocycles. The molecule has 5 rings (SSSR count). The van der Waals surface area contributed by atoms with E-state index < -0.39 is 63.9 Å². The van der Waals surface area contributed by atoms with Crippen molar-refractivity contribution in [2.24, 2.45) is 17.6 Å². The molecule has 4 atom stereocenters. The van der Waals surface area contributed by atoms with Crippen LogP contribution in [0.25, 0.3) is 16.9 Å². The first kappa shape index (κ1) is 30.1. The number of carbonyl (C=O) groups excluding carboxylic acids is 3. The topological polar surface area (TPSA) is 165 Å². The maximum atomic E-state index is 14.8. The van der Waals surface area contributed by atoms with E-state index in [9.17, 15) is 39.2 Å². The molecule has 10 nitrogen and oxygen atoms in total. The number of hydrogen-bond acceptors (Lipinski definition) is 9. The van der Waals surface area contributed by atoms with Crippen LogP contribution < -0.4 is 5.73 Å². The first-order valence-electron chi connectivity index (χ1n) is 13.8. The fraction of sp³-hybridized carbons (Fsp3) is 0.344. The van der Waals surface area contributed by atoms with E-state index in [1.165, 1.54) is 17.0 Å². The molecule has 43 heavy (non-hydrogen) atoms. The van der Waals surface area contributed by atoms with Crippen molar-refractivity contribution in [3.63, 3.8) is 0 Å². The predicted molar refractivity (Wildman–Crippen MR) is 156 cm³/mol. The predicted octanol–water partition coefficient (Wildman–Crippen LogP) is 2.39. The molecule has 1 fully saturated rings. The summed E-state index contributed by atoms with van der Waals surface area (Å²) < 4.78 is 14.8. The van der Waals surface area contributed by atoms with Gasteiger partial charge in [0.15, 0.2) is 11.4 Å². The number of phenols is 1. The number of phenolic OH excluding ortho intramolecular Hbond substituents is 1. The van der Waals surface area contributed by atoms with Gasteiger partial charge in [0, 0.05) is 30.1 Å². The molecule has 3 aliphatic rings. The highest BCUT2D eigenvalue weighted by Crippen LogP contribution is 2.53. The van der Waals surface area contributed by atoms with Gasteiger partial charge in [-0.3, -0.25) is 24.2 Å². The Balaban J connectivity index is 1.67. The average Bonchev–Trinajstić information content (AvgIpc) is 2.92. The van der Waals surface area contributed by atoms with Crippen LogP contribution in [0.3, 0.4) is 0 Å². The summed E-state index contributed by atoms with van der Waals surface area (Å²) in [5.74, 6) is -7.51. The van der Waals surface area contributed by atoms with Gasteiger partial charge in [-0.2, -0.15) is 0 Å². The Morgan fingerprint density at radius 2 is 1.86 bits per heavy atom. The SMILES string of the molecule is C=CCN(C)Cc1cc(-c2ccc(O)c3c2C[C@H]2C[C@H]4[C@H](N(C)C)C(=O)C(C(N)=O)=C(O)[C@@]4(O)C(=O)C2=C3O)ccc1F. The molecule has 0 bridgehead atoms. The monoisotopic (exact) mass is 591 g/mol. The second-order valence-corrected chi connectivity index (χ2v) is 11.7. The summed E-state index contributed by atoms with van der Waals surface area (Å²) in [5, 5.41) is 45.1. The molecule has 0 heterocycles. The van der Waals surface area contributed by atoms with Crippen molar-refractivity contribution < 1.29 is 39.2 Å². The minimum Gasteiger partial charge on any atom is -0.508 e. The van der Waals surface area contributed by atoms with Crippen LogP contribution in [0.1, 0.15) is 23.1 Å². The molecule has 0 aromatic heterocycles. The fourth-order valence-electron chi connectivity index (χ4n) is 6.95. The van der Waals surface area contributed by atoms with E-state index in [1.807, 2.05) is 11.9 Å². The summed E-state index contributed by atoms with van der Waals surface area (Å²) in [5.41, 5.74) is 3.70. The Morgan fingerprint density at radius 3 is 2.49 bits per heavy atom. The van der Waals surface area contributed by atoms with Crippen LogP contribution >= 0.6 is 0 Å². The van der Waals surface area contributed by atoms with Gasteiger partial charge in [-0.15, -0.1) is 6.58 Å². The van der Waals surface area contributed by atoms with E-state index in [0.717, 1.165) is 0 Å². The number of Topliss-reactive ketones (excluding diaryl/α,β-unsaturated/α-hetero) is 2. The number of halogens is 1. The van der Waals surface area contributed by atoms with Gasteiger partial charge in [-0.1, -0.05) is 18.2 Å². The number of amides is 1. The van der Waals surface area contributed by atoms with E-state index in [0.29, 0.717) is 35.3 Å². The number of nitrogens with two attached hydrogens (primary N) is 1. The minimum absolute atomic E-state index is 0.0246. The molecule has 1 amide bonds. The van der Waals surface area contributed by atoms with Gasteiger partial charge in [0.1, 0.15) is 28.7 Å². The number of carbonyl (C=O) groups is 3. The standard InChI is InChI=1S/C32H34FN3O7/c1-5-10-36(4)14-17-11-15(6-8-21(17)33)18-7-9-22(37)24-19(18)12-16-13-20-26(35(2)3)28(39)25(31(34)42)30(41)32(20,43)29(40)23(16)27(24)38/h5-9,11,16,20,26,37-38,41,43H,1,10,12-14H2,2-4H3,(H2,34,42)/t16-,20-,26-,32-/m0/s1. The lowest BCUT2D eigenvalue weighted by Crippen LogP contribution is -2.65. The van der Waals surface area contributed by atoms with Crippen molar-refractivity contribution in [2.45, 2.75) is 31.0 Å². The number of aliphatic hydroxyl groups excluding tert-OH is 2. The van der Waals surface area contributed by atoms with Gasteiger partial charge in [-0.05, 0) is 74.8 Å². The number of hydrogen-bond donors (Lipinski definition) is 5. The van der Waals surface area contributed by atoms with E-state index in [-0.39, 0.29) is 29.7 Å². The van der Waals surface area contributed by atoms with Crippen LogP contribution in [0, 0.1) is 17.7 Å². The van der Waals surface area contributed by atoms with Gasteiger partial charge in [-0.25, -0.2) is 4.39 Å². The summed E-state index contributed by atoms with van der Waals surface area (Å²) in [4.78, 5) is 42.8. The molecule has 0 saturated heterocycles. The van der Waals surface area contributed by atoms with Crippen molar-refractivity contribution in [1.29, 1.82) is 0 Å². The van der Waals surface area contributed by atoms with Crippen LogP contribution in [-0.4, -0.2) is 87.0 Å². The molecule has 1 saturated carbocycles. The summed E-state index contributed by atoms with van der Waals surface area (Å²) in [6.07, 6.45) is 1.81. The van der Waals surface area contributed by atoms with Crippen molar-refractivity contribution in [3.8, 4) is 16.9 Å². The van der Waals surface area contributed by atoms with E-state index >= 15 is 0 Å². The molecular formula is C32H34FN3O7. The zero-order chi connectivity index (χ0) is 31.5. The Bertz CT molecular complexity index is 1650. The normalized spacial score (nSPS) is 25.1. The van der Waals surface area contributed by atoms with Gasteiger partial charge < -0.3 is 26.2 Å². The lowest BCUT2D eigenvalue weighted by molar-refractivity contribution is -0.153. The van der Waals surface area contributed by atoms with E-state index in [4.69, 9.17) is 5.73 Å². The molecule has 0 unspecified atom stereocenters. The van der Waals surface area contributed by atoms with Gasteiger partial charge in [0.05, 0.1) is 11.6 Å². The fourth-order valence-corrected chi connectivity index (χ4v) is 6.95. The number of ketones is 2. The van der Waals surface area contributed by atoms with Crippen molar-refractivity contribution in [3.05, 3.63) is 82.4 Å². The highest BCUT2D eigenvalue weighted by molar-refractivity contribution is 6.24. The van der Waals surface area contributed by atoms with Crippen molar-refractivity contribution in [2.75, 3.05) is 27.7 Å². The highest BCUT2D eigenvalue weighted by Gasteiger charge is 2.64. The number of aliphatic hydroxyl groups is 3. The molecule has 0 spiro atoms. The van der Waals surface area contributed by atoms with Crippen LogP contribution in [0.4, 0.5) is 4.39 Å². The molecular weight excluding hydrogens is 557 g/mol. The Labute approximate surface area is 247 Å². The summed E-state index contributed by atoms with van der Waals surface area (Å²) in [7, 11) is 4.92. The molecule has 2 aromatic carbocycles. The molecule has 226 valence electrons. The first-order chi connectivity index (χ1) is 20.2. The summed E-state index contributed by atoms with van der Waals surface area (Å²) >= 11 is 0. The third-order valence-corrected chi connectivity index (χ3v) is 8.84. The molecule has 2 aromatic rings. The van der Waals surface area contributed by atoms with E-state index in [1.54, 1.807) is 38.4 Å².